The van der Waals surface area contributed by atoms with Crippen LogP contribution in [0.5, 0.6) is 0 Å². The number of benzene rings is 1. The van der Waals surface area contributed by atoms with E-state index in [1.807, 2.05) is 25.1 Å². The number of carbonyl (C=O) groups excluding carboxylic acids is 1. The first kappa shape index (κ1) is 17.2. The smallest absolute Gasteiger partial charge is 0.270 e. The lowest BCUT2D eigenvalue weighted by Crippen LogP contribution is -2.26. The molecule has 0 fully saturated rings. The van der Waals surface area contributed by atoms with E-state index >= 15 is 0 Å². The van der Waals surface area contributed by atoms with Crippen LogP contribution in [0.3, 0.4) is 0 Å². The van der Waals surface area contributed by atoms with E-state index in [0.29, 0.717) is 29.0 Å². The van der Waals surface area contributed by atoms with Crippen LogP contribution in [0, 0.1) is 12.8 Å². The van der Waals surface area contributed by atoms with Crippen LogP contribution in [0.2, 0.25) is 5.02 Å². The van der Waals surface area contributed by atoms with Gasteiger partial charge < -0.3 is 10.6 Å². The number of nitrogens with one attached hydrogen (secondary N) is 2. The molecule has 0 unspecified atom stereocenters. The van der Waals surface area contributed by atoms with Gasteiger partial charge in [-0.15, -0.1) is 0 Å². The first-order valence-corrected chi connectivity index (χ1v) is 7.97. The second-order valence-corrected chi connectivity index (χ2v) is 6.22. The van der Waals surface area contributed by atoms with Gasteiger partial charge in [0, 0.05) is 23.3 Å². The summed E-state index contributed by atoms with van der Waals surface area (Å²) in [6, 6.07) is 7.27. The Bertz CT molecular complexity index is 688. The number of amides is 1. The number of nitrogens with zero attached hydrogens (tertiary/aromatic N) is 2. The van der Waals surface area contributed by atoms with E-state index in [0.717, 1.165) is 17.7 Å². The maximum atomic E-state index is 12.1. The molecular weight excluding hydrogens is 312 g/mol. The van der Waals surface area contributed by atoms with Crippen molar-refractivity contribution in [2.45, 2.75) is 27.2 Å². The highest BCUT2D eigenvalue weighted by Gasteiger charge is 2.09. The van der Waals surface area contributed by atoms with E-state index in [1.165, 1.54) is 6.33 Å². The zero-order valence-electron chi connectivity index (χ0n) is 13.6. The van der Waals surface area contributed by atoms with Gasteiger partial charge >= 0.3 is 0 Å². The highest BCUT2D eigenvalue weighted by atomic mass is 35.5. The van der Waals surface area contributed by atoms with Gasteiger partial charge in [-0.25, -0.2) is 9.97 Å². The summed E-state index contributed by atoms with van der Waals surface area (Å²) in [7, 11) is 0. The molecule has 0 bridgehead atoms. The third-order valence-corrected chi connectivity index (χ3v) is 3.76. The third-order valence-electron chi connectivity index (χ3n) is 3.35. The normalized spacial score (nSPS) is 10.7. The summed E-state index contributed by atoms with van der Waals surface area (Å²) in [5.41, 5.74) is 2.15. The molecule has 0 saturated heterocycles. The molecule has 0 atom stereocenters. The Balaban J connectivity index is 2.04. The van der Waals surface area contributed by atoms with Gasteiger partial charge in [0.1, 0.15) is 17.8 Å². The summed E-state index contributed by atoms with van der Waals surface area (Å²) < 4.78 is 0. The number of hydrogen-bond acceptors (Lipinski definition) is 4. The van der Waals surface area contributed by atoms with E-state index in [2.05, 4.69) is 34.4 Å². The summed E-state index contributed by atoms with van der Waals surface area (Å²) in [6.07, 6.45) is 2.30. The van der Waals surface area contributed by atoms with Crippen molar-refractivity contribution in [3.8, 4) is 0 Å². The van der Waals surface area contributed by atoms with Crippen LogP contribution < -0.4 is 10.6 Å². The monoisotopic (exact) mass is 332 g/mol. The standard InChI is InChI=1S/C17H21ClN4O/c1-11(2)6-7-19-17(23)15-9-16(21-10-20-15)22-13-5-4-12(3)14(18)8-13/h4-5,8-11H,6-7H2,1-3H3,(H,19,23)(H,20,21,22). The molecule has 0 radical (unpaired) electrons. The average Bonchev–Trinajstić information content (AvgIpc) is 2.51. The number of carbonyl (C=O) groups is 1. The summed E-state index contributed by atoms with van der Waals surface area (Å²) in [6.45, 7) is 6.81. The Labute approximate surface area is 141 Å². The molecule has 0 aliphatic rings. The topological polar surface area (TPSA) is 66.9 Å². The Morgan fingerprint density at radius 1 is 1.26 bits per heavy atom. The fraction of sp³-hybridized carbons (Fsp3) is 0.353. The van der Waals surface area contributed by atoms with Crippen molar-refractivity contribution in [2.75, 3.05) is 11.9 Å². The van der Waals surface area contributed by atoms with Crippen molar-refractivity contribution >= 4 is 29.0 Å². The maximum Gasteiger partial charge on any atom is 0.270 e. The van der Waals surface area contributed by atoms with Crippen molar-refractivity contribution in [3.63, 3.8) is 0 Å². The Kier molecular flexibility index (Phi) is 5.93. The van der Waals surface area contributed by atoms with E-state index in [4.69, 9.17) is 11.6 Å². The number of hydrogen-bond donors (Lipinski definition) is 2. The molecular formula is C17H21ClN4O. The van der Waals surface area contributed by atoms with E-state index in [1.54, 1.807) is 6.07 Å². The largest absolute Gasteiger partial charge is 0.351 e. The van der Waals surface area contributed by atoms with Gasteiger partial charge in [-0.05, 0) is 37.0 Å². The molecule has 1 aromatic heterocycles. The molecule has 2 rings (SSSR count). The second-order valence-electron chi connectivity index (χ2n) is 5.82. The third kappa shape index (κ3) is 5.21. The molecule has 23 heavy (non-hydrogen) atoms. The van der Waals surface area contributed by atoms with Crippen molar-refractivity contribution in [3.05, 3.63) is 46.9 Å². The second kappa shape index (κ2) is 7.92. The lowest BCUT2D eigenvalue weighted by atomic mass is 10.1. The molecule has 5 nitrogen and oxygen atoms in total. The number of aromatic nitrogens is 2. The number of aryl methyl sites for hydroxylation is 1. The summed E-state index contributed by atoms with van der Waals surface area (Å²) in [5.74, 6) is 0.899. The maximum absolute atomic E-state index is 12.1. The molecule has 0 saturated carbocycles. The molecule has 0 aliphatic heterocycles. The molecule has 2 aromatic rings. The predicted molar refractivity (Wildman–Crippen MR) is 93.3 cm³/mol. The van der Waals surface area contributed by atoms with E-state index in [-0.39, 0.29) is 5.91 Å². The molecule has 2 N–H and O–H groups in total. The minimum atomic E-state index is -0.196. The van der Waals surface area contributed by atoms with Gasteiger partial charge in [-0.1, -0.05) is 31.5 Å². The van der Waals surface area contributed by atoms with Gasteiger partial charge in [0.25, 0.3) is 5.91 Å². The highest BCUT2D eigenvalue weighted by molar-refractivity contribution is 6.31. The summed E-state index contributed by atoms with van der Waals surface area (Å²) >= 11 is 6.11. The van der Waals surface area contributed by atoms with Crippen LogP contribution >= 0.6 is 11.6 Å². The van der Waals surface area contributed by atoms with Gasteiger partial charge in [0.15, 0.2) is 0 Å². The molecule has 6 heteroatoms. The Hall–Kier alpha value is -2.14. The Morgan fingerprint density at radius 2 is 2.04 bits per heavy atom. The van der Waals surface area contributed by atoms with Gasteiger partial charge in [-0.2, -0.15) is 0 Å². The highest BCUT2D eigenvalue weighted by Crippen LogP contribution is 2.22. The minimum Gasteiger partial charge on any atom is -0.351 e. The molecule has 0 spiro atoms. The van der Waals surface area contributed by atoms with Gasteiger partial charge in [0.2, 0.25) is 0 Å². The fourth-order valence-electron chi connectivity index (χ4n) is 1.93. The van der Waals surface area contributed by atoms with E-state index in [9.17, 15) is 4.79 Å². The van der Waals surface area contributed by atoms with Crippen LogP contribution in [0.4, 0.5) is 11.5 Å². The van der Waals surface area contributed by atoms with Crippen LogP contribution in [0.25, 0.3) is 0 Å². The lowest BCUT2D eigenvalue weighted by molar-refractivity contribution is 0.0947. The first-order chi connectivity index (χ1) is 11.0. The molecule has 0 aliphatic carbocycles. The number of halogens is 1. The van der Waals surface area contributed by atoms with Gasteiger partial charge in [0.05, 0.1) is 0 Å². The summed E-state index contributed by atoms with van der Waals surface area (Å²) in [5, 5.41) is 6.66. The van der Waals surface area contributed by atoms with Crippen molar-refractivity contribution in [1.29, 1.82) is 0 Å². The lowest BCUT2D eigenvalue weighted by Gasteiger charge is -2.09. The predicted octanol–water partition coefficient (Wildman–Crippen LogP) is 3.96. The van der Waals surface area contributed by atoms with Crippen LogP contribution in [-0.2, 0) is 0 Å². The quantitative estimate of drug-likeness (QED) is 0.840. The SMILES string of the molecule is Cc1ccc(Nc2cc(C(=O)NCCC(C)C)ncn2)cc1Cl. The fourth-order valence-corrected chi connectivity index (χ4v) is 2.11. The number of rotatable bonds is 6. The average molecular weight is 333 g/mol. The van der Waals surface area contributed by atoms with Crippen molar-refractivity contribution in [1.82, 2.24) is 15.3 Å². The van der Waals surface area contributed by atoms with Crippen molar-refractivity contribution < 1.29 is 4.79 Å². The number of anilines is 2. The molecule has 1 heterocycles. The molecule has 1 aromatic carbocycles. The van der Waals surface area contributed by atoms with Crippen molar-refractivity contribution in [2.24, 2.45) is 5.92 Å². The van der Waals surface area contributed by atoms with Gasteiger partial charge in [-0.3, -0.25) is 4.79 Å². The zero-order valence-corrected chi connectivity index (χ0v) is 14.3. The zero-order chi connectivity index (χ0) is 16.8. The van der Waals surface area contributed by atoms with Crippen LogP contribution in [0.15, 0.2) is 30.6 Å². The van der Waals surface area contributed by atoms with Crippen LogP contribution in [0.1, 0.15) is 36.3 Å². The minimum absolute atomic E-state index is 0.196. The molecule has 1 amide bonds. The first-order valence-electron chi connectivity index (χ1n) is 7.59. The van der Waals surface area contributed by atoms with Crippen LogP contribution in [-0.4, -0.2) is 22.4 Å². The van der Waals surface area contributed by atoms with E-state index < -0.39 is 0 Å². The Morgan fingerprint density at radius 3 is 2.74 bits per heavy atom. The molecule has 122 valence electrons. The summed E-state index contributed by atoms with van der Waals surface area (Å²) in [4.78, 5) is 20.2.